The molecule has 0 aliphatic heterocycles. The fourth-order valence-electron chi connectivity index (χ4n) is 1.17. The molecule has 1 unspecified atom stereocenters. The number of aliphatic hydroxyl groups is 1. The molecule has 0 saturated heterocycles. The monoisotopic (exact) mass is 329 g/mol. The smallest absolute Gasteiger partial charge is 0.479 e. The molecule has 0 aromatic heterocycles. The second kappa shape index (κ2) is 5.02. The van der Waals surface area contributed by atoms with Gasteiger partial charge in [0.05, 0.1) is 4.47 Å². The van der Waals surface area contributed by atoms with Crippen molar-refractivity contribution in [1.82, 2.24) is 0 Å². The second-order valence-corrected chi connectivity index (χ2v) is 4.00. The Balaban J connectivity index is 3.26. The lowest BCUT2D eigenvalue weighted by atomic mass is 10.1. The number of halogens is 4. The molecule has 9 heteroatoms. The average Bonchev–Trinajstić information content (AvgIpc) is 2.19. The van der Waals surface area contributed by atoms with Crippen molar-refractivity contribution < 1.29 is 32.9 Å². The van der Waals surface area contributed by atoms with Crippen LogP contribution >= 0.6 is 15.9 Å². The number of rotatable bonds is 3. The predicted octanol–water partition coefficient (Wildman–Crippen LogP) is 2.05. The number of aliphatic carboxylic acids is 1. The highest BCUT2D eigenvalue weighted by Gasteiger charge is 2.33. The van der Waals surface area contributed by atoms with Gasteiger partial charge >= 0.3 is 12.3 Å². The minimum Gasteiger partial charge on any atom is -0.479 e. The lowest BCUT2D eigenvalue weighted by Crippen LogP contribution is -2.19. The third-order valence-electron chi connectivity index (χ3n) is 1.84. The van der Waals surface area contributed by atoms with Crippen molar-refractivity contribution in [3.05, 3.63) is 22.2 Å². The van der Waals surface area contributed by atoms with E-state index in [9.17, 15) is 23.1 Å². The van der Waals surface area contributed by atoms with Crippen molar-refractivity contribution in [2.45, 2.75) is 12.5 Å². The van der Waals surface area contributed by atoms with Crippen molar-refractivity contribution in [3.8, 4) is 5.75 Å². The lowest BCUT2D eigenvalue weighted by Gasteiger charge is -2.15. The summed E-state index contributed by atoms with van der Waals surface area (Å²) >= 11 is 2.73. The lowest BCUT2D eigenvalue weighted by molar-refractivity contribution is -0.274. The highest BCUT2D eigenvalue weighted by Crippen LogP contribution is 2.37. The molecule has 0 aliphatic carbocycles. The topological polar surface area (TPSA) is 92.8 Å². The molecule has 1 rings (SSSR count). The molecule has 100 valence electrons. The standard InChI is InChI=1S/C9H7BrF3NO4/c10-6-4(7(15)8(16)17)1-3(14)2-5(6)18-9(11,12)13/h1-2,7,15H,14H2,(H,16,17). The maximum atomic E-state index is 12.1. The Morgan fingerprint density at radius 2 is 2.00 bits per heavy atom. The van der Waals surface area contributed by atoms with Gasteiger partial charge in [0, 0.05) is 17.3 Å². The number of carboxylic acids is 1. The zero-order valence-electron chi connectivity index (χ0n) is 8.53. The van der Waals surface area contributed by atoms with Gasteiger partial charge in [0.2, 0.25) is 0 Å². The second-order valence-electron chi connectivity index (χ2n) is 3.21. The molecule has 0 spiro atoms. The molecule has 1 aromatic rings. The van der Waals surface area contributed by atoms with Gasteiger partial charge in [0.25, 0.3) is 0 Å². The number of hydrogen-bond acceptors (Lipinski definition) is 4. The number of carbonyl (C=O) groups is 1. The number of alkyl halides is 3. The number of aliphatic hydroxyl groups excluding tert-OH is 1. The van der Waals surface area contributed by atoms with E-state index in [0.717, 1.165) is 12.1 Å². The Kier molecular flexibility index (Phi) is 4.07. The highest BCUT2D eigenvalue weighted by atomic mass is 79.9. The van der Waals surface area contributed by atoms with Crippen LogP contribution in [0.1, 0.15) is 11.7 Å². The molecule has 4 N–H and O–H groups in total. The van der Waals surface area contributed by atoms with Crippen molar-refractivity contribution >= 4 is 27.6 Å². The first-order chi connectivity index (χ1) is 8.11. The number of carboxylic acid groups (broad SMARTS) is 1. The summed E-state index contributed by atoms with van der Waals surface area (Å²) in [5, 5.41) is 17.9. The quantitative estimate of drug-likeness (QED) is 0.738. The Labute approximate surface area is 107 Å². The van der Waals surface area contributed by atoms with Crippen LogP contribution in [0.3, 0.4) is 0 Å². The van der Waals surface area contributed by atoms with E-state index in [0.29, 0.717) is 0 Å². The van der Waals surface area contributed by atoms with Crippen LogP contribution < -0.4 is 10.5 Å². The van der Waals surface area contributed by atoms with Crippen molar-refractivity contribution in [2.24, 2.45) is 0 Å². The van der Waals surface area contributed by atoms with Gasteiger partial charge in [-0.2, -0.15) is 0 Å². The largest absolute Gasteiger partial charge is 0.573 e. The van der Waals surface area contributed by atoms with E-state index in [-0.39, 0.29) is 15.7 Å². The average molecular weight is 330 g/mol. The molecule has 0 amide bonds. The van der Waals surface area contributed by atoms with Crippen LogP contribution in [0.2, 0.25) is 0 Å². The number of nitrogen functional groups attached to an aromatic ring is 1. The zero-order valence-corrected chi connectivity index (χ0v) is 10.1. The van der Waals surface area contributed by atoms with Gasteiger partial charge in [-0.25, -0.2) is 4.79 Å². The summed E-state index contributed by atoms with van der Waals surface area (Å²) in [7, 11) is 0. The van der Waals surface area contributed by atoms with E-state index in [1.54, 1.807) is 0 Å². The van der Waals surface area contributed by atoms with E-state index in [4.69, 9.17) is 10.8 Å². The van der Waals surface area contributed by atoms with Crippen molar-refractivity contribution in [2.75, 3.05) is 5.73 Å². The summed E-state index contributed by atoms with van der Waals surface area (Å²) in [5.41, 5.74) is 4.81. The number of benzene rings is 1. The van der Waals surface area contributed by atoms with Crippen molar-refractivity contribution in [1.29, 1.82) is 0 Å². The SMILES string of the molecule is Nc1cc(OC(F)(F)F)c(Br)c(C(O)C(=O)O)c1. The fraction of sp³-hybridized carbons (Fsp3) is 0.222. The minimum absolute atomic E-state index is 0.173. The predicted molar refractivity (Wildman–Crippen MR) is 57.8 cm³/mol. The molecular formula is C9H7BrF3NO4. The first-order valence-corrected chi connectivity index (χ1v) is 5.16. The van der Waals surface area contributed by atoms with E-state index < -0.39 is 24.2 Å². The molecule has 0 aliphatic rings. The summed E-state index contributed by atoms with van der Waals surface area (Å²) in [4.78, 5) is 10.6. The number of ether oxygens (including phenoxy) is 1. The Morgan fingerprint density at radius 1 is 1.44 bits per heavy atom. The third kappa shape index (κ3) is 3.50. The summed E-state index contributed by atoms with van der Waals surface area (Å²) in [6.45, 7) is 0. The maximum absolute atomic E-state index is 12.1. The van der Waals surface area contributed by atoms with E-state index in [1.807, 2.05) is 0 Å². The van der Waals surface area contributed by atoms with Crippen molar-refractivity contribution in [3.63, 3.8) is 0 Å². The molecule has 0 fully saturated rings. The number of anilines is 1. The zero-order chi connectivity index (χ0) is 14.1. The molecule has 1 atom stereocenters. The van der Waals surface area contributed by atoms with Crippen LogP contribution in [-0.4, -0.2) is 22.5 Å². The van der Waals surface area contributed by atoms with Gasteiger partial charge in [-0.1, -0.05) is 0 Å². The van der Waals surface area contributed by atoms with Gasteiger partial charge in [0.1, 0.15) is 5.75 Å². The van der Waals surface area contributed by atoms with Gasteiger partial charge in [-0.3, -0.25) is 0 Å². The van der Waals surface area contributed by atoms with Crippen LogP contribution in [0.15, 0.2) is 16.6 Å². The first kappa shape index (κ1) is 14.6. The minimum atomic E-state index is -4.96. The van der Waals surface area contributed by atoms with E-state index >= 15 is 0 Å². The summed E-state index contributed by atoms with van der Waals surface area (Å²) in [6.07, 6.45) is -6.97. The number of nitrogens with two attached hydrogens (primary N) is 1. The van der Waals surface area contributed by atoms with E-state index in [2.05, 4.69) is 20.7 Å². The molecule has 0 bridgehead atoms. The van der Waals surface area contributed by atoms with Gasteiger partial charge in [0.15, 0.2) is 6.10 Å². The van der Waals surface area contributed by atoms with Crippen LogP contribution in [0.5, 0.6) is 5.75 Å². The molecular weight excluding hydrogens is 323 g/mol. The Bertz CT molecular complexity index is 478. The van der Waals surface area contributed by atoms with Gasteiger partial charge in [-0.15, -0.1) is 13.2 Å². The van der Waals surface area contributed by atoms with Crippen LogP contribution in [0.4, 0.5) is 18.9 Å². The Hall–Kier alpha value is -1.48. The molecule has 18 heavy (non-hydrogen) atoms. The first-order valence-electron chi connectivity index (χ1n) is 4.37. The van der Waals surface area contributed by atoms with Gasteiger partial charge in [-0.05, 0) is 22.0 Å². The Morgan fingerprint density at radius 3 is 2.44 bits per heavy atom. The van der Waals surface area contributed by atoms with Crippen LogP contribution in [0, 0.1) is 0 Å². The fourth-order valence-corrected chi connectivity index (χ4v) is 1.70. The molecule has 1 aromatic carbocycles. The van der Waals surface area contributed by atoms with E-state index in [1.165, 1.54) is 0 Å². The van der Waals surface area contributed by atoms with Crippen LogP contribution in [0.25, 0.3) is 0 Å². The highest BCUT2D eigenvalue weighted by molar-refractivity contribution is 9.10. The normalized spacial score (nSPS) is 13.2. The molecule has 5 nitrogen and oxygen atoms in total. The third-order valence-corrected chi connectivity index (χ3v) is 2.69. The molecule has 0 saturated carbocycles. The summed E-state index contributed by atoms with van der Waals surface area (Å²) in [5.74, 6) is -2.35. The summed E-state index contributed by atoms with van der Waals surface area (Å²) < 4.78 is 39.6. The number of hydrogen-bond donors (Lipinski definition) is 3. The van der Waals surface area contributed by atoms with Gasteiger partial charge < -0.3 is 20.7 Å². The molecule has 0 radical (unpaired) electrons. The van der Waals surface area contributed by atoms with Crippen LogP contribution in [-0.2, 0) is 4.79 Å². The summed E-state index contributed by atoms with van der Waals surface area (Å²) in [6, 6.07) is 1.89. The maximum Gasteiger partial charge on any atom is 0.573 e. The molecule has 0 heterocycles.